The van der Waals surface area contributed by atoms with Crippen molar-refractivity contribution >= 4 is 34.9 Å². The highest BCUT2D eigenvalue weighted by Crippen LogP contribution is 2.21. The van der Waals surface area contributed by atoms with E-state index < -0.39 is 0 Å². The second-order valence-electron chi connectivity index (χ2n) is 6.50. The number of urea groups is 1. The van der Waals surface area contributed by atoms with Crippen LogP contribution in [-0.4, -0.2) is 35.2 Å². The van der Waals surface area contributed by atoms with Crippen molar-refractivity contribution in [1.82, 2.24) is 15.5 Å². The van der Waals surface area contributed by atoms with Gasteiger partial charge in [0.25, 0.3) is 0 Å². The minimum atomic E-state index is -0.164. The number of carbonyl (C=O) groups excluding carboxylic acids is 2. The van der Waals surface area contributed by atoms with E-state index in [0.29, 0.717) is 41.9 Å². The van der Waals surface area contributed by atoms with Gasteiger partial charge in [-0.1, -0.05) is 16.8 Å². The van der Waals surface area contributed by atoms with Gasteiger partial charge in [-0.3, -0.25) is 9.69 Å². The number of benzene rings is 2. The minimum absolute atomic E-state index is 0.112. The summed E-state index contributed by atoms with van der Waals surface area (Å²) >= 11 is 5.87. The van der Waals surface area contributed by atoms with E-state index in [-0.39, 0.29) is 18.4 Å². The SMILES string of the molecule is O=C(CCc1nc(-c2ccc(Cl)cc2)no1)Nc1ccc(N2CCNC2=O)cc1. The van der Waals surface area contributed by atoms with Gasteiger partial charge in [-0.15, -0.1) is 0 Å². The highest BCUT2D eigenvalue weighted by molar-refractivity contribution is 6.30. The number of anilines is 2. The van der Waals surface area contributed by atoms with E-state index in [4.69, 9.17) is 16.1 Å². The molecule has 1 aliphatic rings. The molecule has 1 aliphatic heterocycles. The molecule has 29 heavy (non-hydrogen) atoms. The molecule has 1 saturated heterocycles. The molecule has 148 valence electrons. The Morgan fingerprint density at radius 2 is 1.93 bits per heavy atom. The van der Waals surface area contributed by atoms with Crippen molar-refractivity contribution in [1.29, 1.82) is 0 Å². The van der Waals surface area contributed by atoms with Crippen LogP contribution >= 0.6 is 11.6 Å². The topological polar surface area (TPSA) is 100 Å². The Morgan fingerprint density at radius 3 is 2.62 bits per heavy atom. The number of carbonyl (C=O) groups is 2. The summed E-state index contributed by atoms with van der Waals surface area (Å²) in [6, 6.07) is 14.1. The number of halogens is 1. The lowest BCUT2D eigenvalue weighted by molar-refractivity contribution is -0.116. The van der Waals surface area contributed by atoms with E-state index in [1.165, 1.54) is 0 Å². The summed E-state index contributed by atoms with van der Waals surface area (Å²) in [4.78, 5) is 29.8. The number of rotatable bonds is 6. The molecule has 9 heteroatoms. The van der Waals surface area contributed by atoms with Gasteiger partial charge in [0.05, 0.1) is 0 Å². The van der Waals surface area contributed by atoms with E-state index in [0.717, 1.165) is 11.3 Å². The summed E-state index contributed by atoms with van der Waals surface area (Å²) in [6.45, 7) is 1.26. The molecule has 1 fully saturated rings. The number of amides is 3. The van der Waals surface area contributed by atoms with Gasteiger partial charge in [0.15, 0.2) is 0 Å². The summed E-state index contributed by atoms with van der Waals surface area (Å²) in [5, 5.41) is 10.1. The first-order valence-corrected chi connectivity index (χ1v) is 9.50. The Bertz CT molecular complexity index is 1020. The first kappa shape index (κ1) is 18.9. The zero-order chi connectivity index (χ0) is 20.2. The van der Waals surface area contributed by atoms with Gasteiger partial charge in [0.2, 0.25) is 17.6 Å². The van der Waals surface area contributed by atoms with Crippen LogP contribution in [0.15, 0.2) is 53.1 Å². The van der Waals surface area contributed by atoms with Crippen LogP contribution in [0.25, 0.3) is 11.4 Å². The Hall–Kier alpha value is -3.39. The van der Waals surface area contributed by atoms with Gasteiger partial charge < -0.3 is 15.2 Å². The predicted molar refractivity (Wildman–Crippen MR) is 109 cm³/mol. The lowest BCUT2D eigenvalue weighted by Crippen LogP contribution is -2.27. The molecule has 0 atom stereocenters. The first-order valence-electron chi connectivity index (χ1n) is 9.12. The molecular weight excluding hydrogens is 394 g/mol. The van der Waals surface area contributed by atoms with Crippen LogP contribution in [0.3, 0.4) is 0 Å². The maximum atomic E-state index is 12.2. The molecule has 8 nitrogen and oxygen atoms in total. The van der Waals surface area contributed by atoms with Crippen LogP contribution < -0.4 is 15.5 Å². The molecule has 0 unspecified atom stereocenters. The lowest BCUT2D eigenvalue weighted by atomic mass is 10.2. The molecule has 3 amide bonds. The molecular formula is C20H18ClN5O3. The van der Waals surface area contributed by atoms with Gasteiger partial charge in [0, 0.05) is 47.9 Å². The first-order chi connectivity index (χ1) is 14.1. The molecule has 2 N–H and O–H groups in total. The lowest BCUT2D eigenvalue weighted by Gasteiger charge is -2.14. The fourth-order valence-electron chi connectivity index (χ4n) is 2.96. The molecule has 3 aromatic rings. The van der Waals surface area contributed by atoms with Gasteiger partial charge >= 0.3 is 6.03 Å². The predicted octanol–water partition coefficient (Wildman–Crippen LogP) is 3.49. The highest BCUT2D eigenvalue weighted by Gasteiger charge is 2.20. The number of nitrogens with one attached hydrogen (secondary N) is 2. The second-order valence-corrected chi connectivity index (χ2v) is 6.93. The Balaban J connectivity index is 1.30. The number of nitrogens with zero attached hydrogens (tertiary/aromatic N) is 3. The van der Waals surface area contributed by atoms with Gasteiger partial charge in [-0.25, -0.2) is 4.79 Å². The summed E-state index contributed by atoms with van der Waals surface area (Å²) in [7, 11) is 0. The summed E-state index contributed by atoms with van der Waals surface area (Å²) in [6.07, 6.45) is 0.539. The van der Waals surface area contributed by atoms with Crippen LogP contribution in [-0.2, 0) is 11.2 Å². The van der Waals surface area contributed by atoms with E-state index in [9.17, 15) is 9.59 Å². The average molecular weight is 412 g/mol. The average Bonchev–Trinajstić information content (AvgIpc) is 3.37. The number of hydrogen-bond donors (Lipinski definition) is 2. The molecule has 2 heterocycles. The van der Waals surface area contributed by atoms with Crippen LogP contribution in [0, 0.1) is 0 Å². The molecule has 0 radical (unpaired) electrons. The second kappa shape index (κ2) is 8.32. The normalized spacial score (nSPS) is 13.4. The van der Waals surface area contributed by atoms with Crippen molar-refractivity contribution < 1.29 is 14.1 Å². The van der Waals surface area contributed by atoms with Crippen molar-refractivity contribution in [2.24, 2.45) is 0 Å². The summed E-state index contributed by atoms with van der Waals surface area (Å²) < 4.78 is 5.22. The molecule has 2 aromatic carbocycles. The van der Waals surface area contributed by atoms with Gasteiger partial charge in [-0.2, -0.15) is 4.98 Å². The van der Waals surface area contributed by atoms with Gasteiger partial charge in [0.1, 0.15) is 0 Å². The molecule has 0 saturated carbocycles. The van der Waals surface area contributed by atoms with Crippen LogP contribution in [0.5, 0.6) is 0 Å². The zero-order valence-corrected chi connectivity index (χ0v) is 16.1. The third-order valence-corrected chi connectivity index (χ3v) is 4.71. The summed E-state index contributed by atoms with van der Waals surface area (Å²) in [5.41, 5.74) is 2.24. The molecule has 0 aliphatic carbocycles. The van der Waals surface area contributed by atoms with Gasteiger partial charge in [-0.05, 0) is 48.5 Å². The van der Waals surface area contributed by atoms with Crippen LogP contribution in [0.1, 0.15) is 12.3 Å². The van der Waals surface area contributed by atoms with Crippen molar-refractivity contribution in [3.05, 3.63) is 59.4 Å². The largest absolute Gasteiger partial charge is 0.339 e. The fourth-order valence-corrected chi connectivity index (χ4v) is 3.09. The van der Waals surface area contributed by atoms with E-state index in [2.05, 4.69) is 20.8 Å². The fraction of sp³-hybridized carbons (Fsp3) is 0.200. The Labute approximate surface area is 171 Å². The van der Waals surface area contributed by atoms with E-state index >= 15 is 0 Å². The van der Waals surface area contributed by atoms with E-state index in [1.54, 1.807) is 53.4 Å². The van der Waals surface area contributed by atoms with Crippen LogP contribution in [0.2, 0.25) is 5.02 Å². The maximum absolute atomic E-state index is 12.2. The number of hydrogen-bond acceptors (Lipinski definition) is 5. The van der Waals surface area contributed by atoms with Crippen molar-refractivity contribution in [2.75, 3.05) is 23.3 Å². The molecule has 0 spiro atoms. The van der Waals surface area contributed by atoms with Crippen molar-refractivity contribution in [3.8, 4) is 11.4 Å². The Morgan fingerprint density at radius 1 is 1.17 bits per heavy atom. The van der Waals surface area contributed by atoms with Crippen molar-refractivity contribution in [3.63, 3.8) is 0 Å². The highest BCUT2D eigenvalue weighted by atomic mass is 35.5. The number of aryl methyl sites for hydroxylation is 1. The molecule has 1 aromatic heterocycles. The maximum Gasteiger partial charge on any atom is 0.321 e. The standard InChI is InChI=1S/C20H18ClN5O3/c21-14-3-1-13(2-4-14)19-24-18(29-25-19)10-9-17(27)23-15-5-7-16(8-6-15)26-12-11-22-20(26)28/h1-8H,9-12H2,(H,22,28)(H,23,27). The summed E-state index contributed by atoms with van der Waals surface area (Å²) in [5.74, 6) is 0.682. The quantitative estimate of drug-likeness (QED) is 0.646. The van der Waals surface area contributed by atoms with Crippen LogP contribution in [0.4, 0.5) is 16.2 Å². The van der Waals surface area contributed by atoms with E-state index in [1.807, 2.05) is 0 Å². The monoisotopic (exact) mass is 411 g/mol. The third kappa shape index (κ3) is 4.55. The zero-order valence-electron chi connectivity index (χ0n) is 15.4. The molecule has 0 bridgehead atoms. The minimum Gasteiger partial charge on any atom is -0.339 e. The Kier molecular flexibility index (Phi) is 5.44. The third-order valence-electron chi connectivity index (χ3n) is 4.46. The smallest absolute Gasteiger partial charge is 0.321 e. The van der Waals surface area contributed by atoms with Crippen molar-refractivity contribution in [2.45, 2.75) is 12.8 Å². The molecule has 4 rings (SSSR count). The number of aromatic nitrogens is 2.